The molecule has 0 aromatic heterocycles. The summed E-state index contributed by atoms with van der Waals surface area (Å²) in [4.78, 5) is 37.7. The number of nitrogens with zero attached hydrogens (tertiary/aromatic N) is 2. The summed E-state index contributed by atoms with van der Waals surface area (Å²) in [7, 11) is 1.09. The van der Waals surface area contributed by atoms with Crippen LogP contribution in [0.3, 0.4) is 0 Å². The van der Waals surface area contributed by atoms with E-state index in [9.17, 15) is 27.6 Å². The topological polar surface area (TPSA) is 88.1 Å². The van der Waals surface area contributed by atoms with Crippen LogP contribution < -0.4 is 10.3 Å². The zero-order valence-electron chi connectivity index (χ0n) is 13.0. The number of esters is 1. The Morgan fingerprint density at radius 1 is 1.36 bits per heavy atom. The van der Waals surface area contributed by atoms with E-state index < -0.39 is 41.0 Å². The maximum atomic E-state index is 12.9. The minimum Gasteiger partial charge on any atom is -0.464 e. The van der Waals surface area contributed by atoms with Gasteiger partial charge in [0.05, 0.1) is 18.4 Å². The highest BCUT2D eigenvalue weighted by atomic mass is 19.4. The van der Waals surface area contributed by atoms with Crippen LogP contribution in [0.2, 0.25) is 0 Å². The number of carbonyl (C=O) groups is 3. The molecule has 1 N–H and O–H groups in total. The van der Waals surface area contributed by atoms with Crippen molar-refractivity contribution in [2.45, 2.75) is 18.6 Å². The van der Waals surface area contributed by atoms with Gasteiger partial charge in [0.15, 0.2) is 5.71 Å². The Balaban J connectivity index is 2.04. The number of hydrogen-bond acceptors (Lipinski definition) is 6. The third kappa shape index (κ3) is 2.36. The van der Waals surface area contributed by atoms with Gasteiger partial charge >= 0.3 is 12.1 Å². The number of halogens is 3. The molecule has 1 aromatic carbocycles. The number of hydrogen-bond donors (Lipinski definition) is 1. The third-order valence-corrected chi connectivity index (χ3v) is 4.20. The van der Waals surface area contributed by atoms with Gasteiger partial charge in [-0.05, 0) is 25.1 Å². The molecule has 2 heterocycles. The number of rotatable bonds is 2. The Kier molecular flexibility index (Phi) is 3.59. The number of anilines is 1. The first-order chi connectivity index (χ1) is 11.6. The van der Waals surface area contributed by atoms with Crippen molar-refractivity contribution in [3.63, 3.8) is 0 Å². The van der Waals surface area contributed by atoms with Crippen LogP contribution in [-0.2, 0) is 25.3 Å². The number of imide groups is 1. The summed E-state index contributed by atoms with van der Waals surface area (Å²) >= 11 is 0. The lowest BCUT2D eigenvalue weighted by Crippen LogP contribution is -2.48. The van der Waals surface area contributed by atoms with E-state index in [2.05, 4.69) is 15.3 Å². The van der Waals surface area contributed by atoms with Gasteiger partial charge in [-0.15, -0.1) is 0 Å². The van der Waals surface area contributed by atoms with E-state index in [0.717, 1.165) is 19.2 Å². The zero-order chi connectivity index (χ0) is 18.6. The molecule has 0 saturated carbocycles. The molecule has 132 valence electrons. The van der Waals surface area contributed by atoms with Crippen LogP contribution >= 0.6 is 0 Å². The van der Waals surface area contributed by atoms with Crippen molar-refractivity contribution >= 4 is 29.2 Å². The molecule has 3 rings (SSSR count). The number of hydrazone groups is 1. The standard InChI is InChI=1S/C15H12F3N3O4/c1-14-9(10(19-20-14)12(23)25-2)11(22)21(13(14)24)8-5-3-4-7(6-8)15(16,17)18/h3-6,9,20H,1-2H3/t9-,14-/m1/s1. The molecule has 1 saturated heterocycles. The molecule has 0 spiro atoms. The summed E-state index contributed by atoms with van der Waals surface area (Å²) < 4.78 is 43.2. The van der Waals surface area contributed by atoms with Crippen molar-refractivity contribution < 1.29 is 32.3 Å². The van der Waals surface area contributed by atoms with E-state index in [-0.39, 0.29) is 11.4 Å². The van der Waals surface area contributed by atoms with Crippen molar-refractivity contribution in [3.8, 4) is 0 Å². The Labute approximate surface area is 139 Å². The first kappa shape index (κ1) is 16.9. The van der Waals surface area contributed by atoms with Gasteiger partial charge in [0.25, 0.3) is 5.91 Å². The second-order valence-corrected chi connectivity index (χ2v) is 5.76. The molecule has 2 aliphatic heterocycles. The highest BCUT2D eigenvalue weighted by Crippen LogP contribution is 2.39. The molecule has 0 unspecified atom stereocenters. The van der Waals surface area contributed by atoms with Gasteiger partial charge in [-0.25, -0.2) is 9.69 Å². The highest BCUT2D eigenvalue weighted by molar-refractivity contribution is 6.47. The summed E-state index contributed by atoms with van der Waals surface area (Å²) in [5, 5.41) is 3.69. The Morgan fingerprint density at radius 2 is 2.04 bits per heavy atom. The molecule has 0 radical (unpaired) electrons. The molecule has 2 atom stereocenters. The van der Waals surface area contributed by atoms with E-state index >= 15 is 0 Å². The molecular weight excluding hydrogens is 343 g/mol. The van der Waals surface area contributed by atoms with Crippen LogP contribution in [0.1, 0.15) is 12.5 Å². The zero-order valence-corrected chi connectivity index (χ0v) is 13.0. The van der Waals surface area contributed by atoms with Crippen LogP contribution in [0.15, 0.2) is 29.4 Å². The summed E-state index contributed by atoms with van der Waals surface area (Å²) in [5.74, 6) is -3.82. The number of fused-ring (bicyclic) bond motifs is 1. The number of carbonyl (C=O) groups excluding carboxylic acids is 3. The molecule has 2 amide bonds. The van der Waals surface area contributed by atoms with Crippen molar-refractivity contribution in [2.24, 2.45) is 11.0 Å². The molecule has 7 nitrogen and oxygen atoms in total. The summed E-state index contributed by atoms with van der Waals surface area (Å²) in [6, 6.07) is 3.84. The predicted molar refractivity (Wildman–Crippen MR) is 78.4 cm³/mol. The van der Waals surface area contributed by atoms with Gasteiger partial charge in [0.1, 0.15) is 11.5 Å². The van der Waals surface area contributed by atoms with E-state index in [0.29, 0.717) is 11.0 Å². The molecule has 0 aliphatic carbocycles. The number of amides is 2. The van der Waals surface area contributed by atoms with Crippen LogP contribution in [0, 0.1) is 5.92 Å². The van der Waals surface area contributed by atoms with Crippen LogP contribution in [0.4, 0.5) is 18.9 Å². The average Bonchev–Trinajstić information content (AvgIpc) is 3.00. The summed E-state index contributed by atoms with van der Waals surface area (Å²) in [5.41, 5.74) is -0.644. The Morgan fingerprint density at radius 3 is 2.64 bits per heavy atom. The minimum atomic E-state index is -4.63. The van der Waals surface area contributed by atoms with Gasteiger partial charge in [-0.1, -0.05) is 6.07 Å². The second kappa shape index (κ2) is 5.30. The van der Waals surface area contributed by atoms with Crippen LogP contribution in [0.5, 0.6) is 0 Å². The Hall–Kier alpha value is -2.91. The van der Waals surface area contributed by atoms with Crippen molar-refractivity contribution in [1.82, 2.24) is 5.43 Å². The monoisotopic (exact) mass is 355 g/mol. The maximum absolute atomic E-state index is 12.9. The smallest absolute Gasteiger partial charge is 0.416 e. The van der Waals surface area contributed by atoms with Crippen molar-refractivity contribution in [1.29, 1.82) is 0 Å². The average molecular weight is 355 g/mol. The first-order valence-electron chi connectivity index (χ1n) is 7.10. The van der Waals surface area contributed by atoms with Crippen molar-refractivity contribution in [3.05, 3.63) is 29.8 Å². The lowest BCUT2D eigenvalue weighted by molar-refractivity contribution is -0.137. The molecular formula is C15H12F3N3O4. The second-order valence-electron chi connectivity index (χ2n) is 5.76. The van der Waals surface area contributed by atoms with Gasteiger partial charge in [-0.3, -0.25) is 15.0 Å². The Bertz CT molecular complexity index is 820. The third-order valence-electron chi connectivity index (χ3n) is 4.20. The fourth-order valence-electron chi connectivity index (χ4n) is 2.91. The van der Waals surface area contributed by atoms with E-state index in [1.807, 2.05) is 0 Å². The summed E-state index contributed by atoms with van der Waals surface area (Å²) in [6.07, 6.45) is -4.63. The summed E-state index contributed by atoms with van der Waals surface area (Å²) in [6.45, 7) is 1.35. The SMILES string of the molecule is COC(=O)C1=NN[C@@]2(C)C(=O)N(c3cccc(C(F)(F)F)c3)C(=O)[C@@H]12. The number of alkyl halides is 3. The lowest BCUT2D eigenvalue weighted by Gasteiger charge is -2.20. The first-order valence-corrected chi connectivity index (χ1v) is 7.10. The molecule has 1 fully saturated rings. The highest BCUT2D eigenvalue weighted by Gasteiger charge is 2.63. The maximum Gasteiger partial charge on any atom is 0.416 e. The number of ether oxygens (including phenoxy) is 1. The fourth-order valence-corrected chi connectivity index (χ4v) is 2.91. The van der Waals surface area contributed by atoms with Gasteiger partial charge < -0.3 is 4.74 Å². The molecule has 25 heavy (non-hydrogen) atoms. The number of methoxy groups -OCH3 is 1. The number of benzene rings is 1. The van der Waals surface area contributed by atoms with Crippen molar-refractivity contribution in [2.75, 3.05) is 12.0 Å². The molecule has 1 aromatic rings. The van der Waals surface area contributed by atoms with Crippen LogP contribution in [-0.4, -0.2) is 36.1 Å². The number of nitrogens with one attached hydrogen (secondary N) is 1. The lowest BCUT2D eigenvalue weighted by atomic mass is 9.86. The molecule has 10 heteroatoms. The molecule has 2 aliphatic rings. The predicted octanol–water partition coefficient (Wildman–Crippen LogP) is 1.09. The largest absolute Gasteiger partial charge is 0.464 e. The normalized spacial score (nSPS) is 25.6. The fraction of sp³-hybridized carbons (Fsp3) is 0.333. The minimum absolute atomic E-state index is 0.230. The molecule has 0 bridgehead atoms. The van der Waals surface area contributed by atoms with Gasteiger partial charge in [0, 0.05) is 0 Å². The van der Waals surface area contributed by atoms with Gasteiger partial charge in [0.2, 0.25) is 5.91 Å². The quantitative estimate of drug-likeness (QED) is 0.634. The van der Waals surface area contributed by atoms with E-state index in [1.165, 1.54) is 13.0 Å². The van der Waals surface area contributed by atoms with E-state index in [1.54, 1.807) is 0 Å². The van der Waals surface area contributed by atoms with E-state index in [4.69, 9.17) is 0 Å². The van der Waals surface area contributed by atoms with Gasteiger partial charge in [-0.2, -0.15) is 18.3 Å². The van der Waals surface area contributed by atoms with Crippen LogP contribution in [0.25, 0.3) is 0 Å².